The van der Waals surface area contributed by atoms with Crippen molar-refractivity contribution in [2.24, 2.45) is 0 Å². The van der Waals surface area contributed by atoms with E-state index in [-0.39, 0.29) is 5.91 Å². The van der Waals surface area contributed by atoms with E-state index in [9.17, 15) is 4.79 Å². The molecular weight excluding hydrogens is 492 g/mol. The van der Waals surface area contributed by atoms with Crippen LogP contribution in [0.5, 0.6) is 5.75 Å². The first-order chi connectivity index (χ1) is 15.1. The average Bonchev–Trinajstić information content (AvgIpc) is 3.13. The predicted molar refractivity (Wildman–Crippen MR) is 131 cm³/mol. The van der Waals surface area contributed by atoms with Gasteiger partial charge >= 0.3 is 0 Å². The van der Waals surface area contributed by atoms with Gasteiger partial charge in [0.2, 0.25) is 5.89 Å². The molecule has 1 amide bonds. The van der Waals surface area contributed by atoms with Crippen molar-refractivity contribution < 1.29 is 13.9 Å². The third-order valence-corrected chi connectivity index (χ3v) is 6.05. The molecule has 0 spiro atoms. The van der Waals surface area contributed by atoms with Crippen molar-refractivity contribution in [3.05, 3.63) is 75.2 Å². The van der Waals surface area contributed by atoms with E-state index in [4.69, 9.17) is 20.8 Å². The fraction of sp³-hybridized carbons (Fsp3) is 0.200. The number of ether oxygens (including phenoxy) is 1. The van der Waals surface area contributed by atoms with Crippen LogP contribution in [-0.4, -0.2) is 16.5 Å². The smallest absolute Gasteiger partial charge is 0.267 e. The largest absolute Gasteiger partial charge is 0.478 e. The van der Waals surface area contributed by atoms with Crippen molar-refractivity contribution in [1.82, 2.24) is 4.98 Å². The molecule has 164 valence electrons. The number of fused-ring (bicyclic) bond motifs is 1. The van der Waals surface area contributed by atoms with Gasteiger partial charge in [-0.2, -0.15) is 0 Å². The van der Waals surface area contributed by atoms with Crippen LogP contribution in [0.3, 0.4) is 0 Å². The lowest BCUT2D eigenvalue weighted by Gasteiger charge is -2.25. The summed E-state index contributed by atoms with van der Waals surface area (Å²) in [6.45, 7) is 7.49. The fourth-order valence-corrected chi connectivity index (χ4v) is 3.65. The number of hydrogen-bond acceptors (Lipinski definition) is 4. The molecule has 1 N–H and O–H groups in total. The zero-order chi connectivity index (χ0) is 23.0. The second-order valence-electron chi connectivity index (χ2n) is 8.14. The number of amides is 1. The summed E-state index contributed by atoms with van der Waals surface area (Å²) in [6, 6.07) is 16.5. The number of nitrogens with zero attached hydrogens (tertiary/aromatic N) is 1. The summed E-state index contributed by atoms with van der Waals surface area (Å²) < 4.78 is 12.8. The minimum atomic E-state index is -1.10. The molecule has 0 fully saturated rings. The molecule has 0 saturated heterocycles. The Hall–Kier alpha value is -2.83. The number of aryl methyl sites for hydroxylation is 2. The number of aromatic nitrogens is 1. The fourth-order valence-electron chi connectivity index (χ4n) is 3.19. The van der Waals surface area contributed by atoms with Crippen LogP contribution < -0.4 is 10.1 Å². The van der Waals surface area contributed by atoms with Crippen LogP contribution in [0.1, 0.15) is 25.0 Å². The first-order valence-electron chi connectivity index (χ1n) is 10.1. The molecular formula is C25H22BrClN2O3. The molecule has 0 aliphatic carbocycles. The molecule has 3 aromatic carbocycles. The number of halogens is 2. The maximum Gasteiger partial charge on any atom is 0.267 e. The topological polar surface area (TPSA) is 64.4 Å². The maximum atomic E-state index is 12.9. The van der Waals surface area contributed by atoms with Crippen LogP contribution in [0.4, 0.5) is 5.69 Å². The lowest BCUT2D eigenvalue weighted by atomic mass is 10.1. The Kier molecular flexibility index (Phi) is 6.01. The molecule has 0 radical (unpaired) electrons. The van der Waals surface area contributed by atoms with E-state index < -0.39 is 5.60 Å². The molecule has 1 heterocycles. The zero-order valence-corrected chi connectivity index (χ0v) is 20.5. The molecule has 0 bridgehead atoms. The molecule has 32 heavy (non-hydrogen) atoms. The molecule has 0 aliphatic rings. The Morgan fingerprint density at radius 2 is 1.75 bits per heavy atom. The van der Waals surface area contributed by atoms with E-state index in [1.165, 1.54) is 0 Å². The summed E-state index contributed by atoms with van der Waals surface area (Å²) >= 11 is 9.82. The van der Waals surface area contributed by atoms with Gasteiger partial charge in [-0.25, -0.2) is 4.98 Å². The summed E-state index contributed by atoms with van der Waals surface area (Å²) in [6.07, 6.45) is 0. The van der Waals surface area contributed by atoms with Gasteiger partial charge in [0, 0.05) is 10.2 Å². The Morgan fingerprint density at radius 1 is 1.06 bits per heavy atom. The normalized spacial score (nSPS) is 11.6. The van der Waals surface area contributed by atoms with Crippen molar-refractivity contribution in [1.29, 1.82) is 0 Å². The van der Waals surface area contributed by atoms with E-state index in [1.807, 2.05) is 38.1 Å². The molecule has 7 heteroatoms. The Morgan fingerprint density at radius 3 is 2.47 bits per heavy atom. The summed E-state index contributed by atoms with van der Waals surface area (Å²) in [5.41, 5.74) is 3.78. The predicted octanol–water partition coefficient (Wildman–Crippen LogP) is 7.32. The number of carbonyl (C=O) groups is 1. The van der Waals surface area contributed by atoms with Crippen LogP contribution in [0, 0.1) is 13.8 Å². The van der Waals surface area contributed by atoms with Crippen molar-refractivity contribution in [3.63, 3.8) is 0 Å². The highest BCUT2D eigenvalue weighted by Crippen LogP contribution is 2.33. The quantitative estimate of drug-likeness (QED) is 0.303. The van der Waals surface area contributed by atoms with Gasteiger partial charge in [-0.15, -0.1) is 0 Å². The molecule has 4 rings (SSSR count). The standard InChI is InChI=1S/C25H22BrClN2O3/c1-14-11-21-22(12-15(14)2)31-23(29-21)19-13-17(7-10-20(19)27)28-24(30)25(3,4)32-18-8-5-16(26)6-9-18/h5-13H,1-4H3,(H,28,30). The third kappa shape index (κ3) is 4.66. The molecule has 0 unspecified atom stereocenters. The number of carbonyl (C=O) groups excluding carboxylic acids is 1. The van der Waals surface area contributed by atoms with Crippen LogP contribution in [-0.2, 0) is 4.79 Å². The second-order valence-corrected chi connectivity index (χ2v) is 9.46. The number of rotatable bonds is 5. The van der Waals surface area contributed by atoms with Gasteiger partial charge < -0.3 is 14.5 Å². The Balaban J connectivity index is 1.58. The van der Waals surface area contributed by atoms with Crippen molar-refractivity contribution in [2.45, 2.75) is 33.3 Å². The highest BCUT2D eigenvalue weighted by Gasteiger charge is 2.30. The van der Waals surface area contributed by atoms with Gasteiger partial charge in [0.05, 0.1) is 10.6 Å². The summed E-state index contributed by atoms with van der Waals surface area (Å²) in [5, 5.41) is 3.38. The van der Waals surface area contributed by atoms with Crippen molar-refractivity contribution in [2.75, 3.05) is 5.32 Å². The monoisotopic (exact) mass is 512 g/mol. The molecule has 1 aromatic heterocycles. The zero-order valence-electron chi connectivity index (χ0n) is 18.1. The molecule has 4 aromatic rings. The highest BCUT2D eigenvalue weighted by molar-refractivity contribution is 9.10. The van der Waals surface area contributed by atoms with Gasteiger partial charge in [-0.1, -0.05) is 27.5 Å². The number of anilines is 1. The van der Waals surface area contributed by atoms with Gasteiger partial charge in [0.1, 0.15) is 11.3 Å². The number of oxazole rings is 1. The Labute approximate surface area is 199 Å². The second kappa shape index (κ2) is 8.60. The van der Waals surface area contributed by atoms with E-state index >= 15 is 0 Å². The maximum absolute atomic E-state index is 12.9. The van der Waals surface area contributed by atoms with Crippen LogP contribution in [0.2, 0.25) is 5.02 Å². The minimum absolute atomic E-state index is 0.294. The number of benzene rings is 3. The van der Waals surface area contributed by atoms with Gasteiger partial charge in [-0.05, 0) is 93.4 Å². The van der Waals surface area contributed by atoms with Gasteiger partial charge in [-0.3, -0.25) is 4.79 Å². The van der Waals surface area contributed by atoms with Crippen LogP contribution in [0.15, 0.2) is 63.5 Å². The van der Waals surface area contributed by atoms with E-state index in [0.717, 1.165) is 21.1 Å². The first kappa shape index (κ1) is 22.4. The molecule has 0 saturated carbocycles. The van der Waals surface area contributed by atoms with E-state index in [1.54, 1.807) is 44.2 Å². The van der Waals surface area contributed by atoms with E-state index in [2.05, 4.69) is 26.2 Å². The SMILES string of the molecule is Cc1cc2nc(-c3cc(NC(=O)C(C)(C)Oc4ccc(Br)cc4)ccc3Cl)oc2cc1C. The number of nitrogens with one attached hydrogen (secondary N) is 1. The molecule has 5 nitrogen and oxygen atoms in total. The highest BCUT2D eigenvalue weighted by atomic mass is 79.9. The summed E-state index contributed by atoms with van der Waals surface area (Å²) in [4.78, 5) is 17.5. The molecule has 0 aliphatic heterocycles. The van der Waals surface area contributed by atoms with Crippen LogP contribution >= 0.6 is 27.5 Å². The Bertz CT molecular complexity index is 1270. The third-order valence-electron chi connectivity index (χ3n) is 5.19. The van der Waals surface area contributed by atoms with Crippen LogP contribution in [0.25, 0.3) is 22.6 Å². The minimum Gasteiger partial charge on any atom is -0.478 e. The van der Waals surface area contributed by atoms with Crippen molar-refractivity contribution in [3.8, 4) is 17.2 Å². The number of hydrogen-bond donors (Lipinski definition) is 1. The summed E-state index contributed by atoms with van der Waals surface area (Å²) in [5.74, 6) is 0.705. The first-order valence-corrected chi connectivity index (χ1v) is 11.2. The summed E-state index contributed by atoms with van der Waals surface area (Å²) in [7, 11) is 0. The van der Waals surface area contributed by atoms with Crippen molar-refractivity contribution >= 4 is 50.2 Å². The average molecular weight is 514 g/mol. The van der Waals surface area contributed by atoms with E-state index in [0.29, 0.717) is 33.5 Å². The molecule has 0 atom stereocenters. The lowest BCUT2D eigenvalue weighted by molar-refractivity contribution is -0.128. The van der Waals surface area contributed by atoms with Gasteiger partial charge in [0.15, 0.2) is 11.2 Å². The van der Waals surface area contributed by atoms with Gasteiger partial charge in [0.25, 0.3) is 5.91 Å². The lowest BCUT2D eigenvalue weighted by Crippen LogP contribution is -2.42.